The maximum absolute atomic E-state index is 12.3. The van der Waals surface area contributed by atoms with E-state index in [4.69, 9.17) is 11.6 Å². The first-order valence-corrected chi connectivity index (χ1v) is 8.19. The molecule has 0 spiro atoms. The molecule has 0 aliphatic heterocycles. The van der Waals surface area contributed by atoms with Crippen molar-refractivity contribution in [3.63, 3.8) is 0 Å². The molecule has 2 aromatic rings. The van der Waals surface area contributed by atoms with Gasteiger partial charge in [0.15, 0.2) is 0 Å². The molecule has 2 N–H and O–H groups in total. The number of aromatic nitrogens is 1. The lowest BCUT2D eigenvalue weighted by molar-refractivity contribution is 0.601. The van der Waals surface area contributed by atoms with E-state index in [9.17, 15) is 8.42 Å². The van der Waals surface area contributed by atoms with E-state index in [0.717, 1.165) is 4.47 Å². The molecule has 1 aromatic carbocycles. The number of nitrogens with one attached hydrogen (secondary N) is 2. The standard InChI is InChI=1S/C12H11BrClN3O2S/c1-15-12-7-9(4-5-16-12)20(18,19)17-11-3-2-8(13)6-10(11)14/h2-7,17H,1H3,(H,15,16). The van der Waals surface area contributed by atoms with Crippen LogP contribution < -0.4 is 10.0 Å². The molecule has 0 bridgehead atoms. The molecule has 0 saturated heterocycles. The molecule has 1 heterocycles. The molecule has 106 valence electrons. The number of nitrogens with zero attached hydrogens (tertiary/aromatic N) is 1. The molecule has 0 fully saturated rings. The smallest absolute Gasteiger partial charge is 0.262 e. The van der Waals surface area contributed by atoms with E-state index < -0.39 is 10.0 Å². The highest BCUT2D eigenvalue weighted by Crippen LogP contribution is 2.27. The predicted octanol–water partition coefficient (Wildman–Crippen LogP) is 3.34. The van der Waals surface area contributed by atoms with Gasteiger partial charge in [0.25, 0.3) is 10.0 Å². The maximum atomic E-state index is 12.3. The van der Waals surface area contributed by atoms with Gasteiger partial charge in [-0.05, 0) is 24.3 Å². The van der Waals surface area contributed by atoms with Gasteiger partial charge in [0.05, 0.1) is 15.6 Å². The third kappa shape index (κ3) is 3.41. The van der Waals surface area contributed by atoms with Crippen molar-refractivity contribution in [3.05, 3.63) is 46.0 Å². The Balaban J connectivity index is 2.35. The number of pyridine rings is 1. The van der Waals surface area contributed by atoms with Crippen LogP contribution >= 0.6 is 27.5 Å². The summed E-state index contributed by atoms with van der Waals surface area (Å²) in [4.78, 5) is 4.08. The van der Waals surface area contributed by atoms with Crippen LogP contribution in [0.5, 0.6) is 0 Å². The van der Waals surface area contributed by atoms with E-state index in [-0.39, 0.29) is 4.90 Å². The van der Waals surface area contributed by atoms with Crippen molar-refractivity contribution in [1.29, 1.82) is 0 Å². The van der Waals surface area contributed by atoms with Gasteiger partial charge >= 0.3 is 0 Å². The lowest BCUT2D eigenvalue weighted by atomic mass is 10.3. The van der Waals surface area contributed by atoms with Crippen molar-refractivity contribution in [2.24, 2.45) is 0 Å². The third-order valence-corrected chi connectivity index (χ3v) is 4.64. The number of sulfonamides is 1. The van der Waals surface area contributed by atoms with Crippen molar-refractivity contribution in [3.8, 4) is 0 Å². The van der Waals surface area contributed by atoms with Crippen LogP contribution in [-0.4, -0.2) is 20.4 Å². The number of hydrogen-bond acceptors (Lipinski definition) is 4. The average Bonchev–Trinajstić information content (AvgIpc) is 2.42. The monoisotopic (exact) mass is 375 g/mol. The first kappa shape index (κ1) is 15.1. The zero-order chi connectivity index (χ0) is 14.8. The molecule has 8 heteroatoms. The minimum Gasteiger partial charge on any atom is -0.373 e. The first-order valence-electron chi connectivity index (χ1n) is 5.54. The van der Waals surface area contributed by atoms with Crippen molar-refractivity contribution >= 4 is 49.1 Å². The van der Waals surface area contributed by atoms with Gasteiger partial charge in [-0.15, -0.1) is 0 Å². The zero-order valence-corrected chi connectivity index (χ0v) is 13.6. The second-order valence-electron chi connectivity index (χ2n) is 3.86. The average molecular weight is 377 g/mol. The Morgan fingerprint density at radius 3 is 2.65 bits per heavy atom. The van der Waals surface area contributed by atoms with Crippen LogP contribution in [-0.2, 0) is 10.0 Å². The van der Waals surface area contributed by atoms with Crippen LogP contribution in [0, 0.1) is 0 Å². The molecule has 1 aromatic heterocycles. The highest BCUT2D eigenvalue weighted by atomic mass is 79.9. The van der Waals surface area contributed by atoms with Gasteiger partial charge in [0.2, 0.25) is 0 Å². The highest BCUT2D eigenvalue weighted by Gasteiger charge is 2.16. The van der Waals surface area contributed by atoms with E-state index in [1.165, 1.54) is 18.3 Å². The summed E-state index contributed by atoms with van der Waals surface area (Å²) in [6.45, 7) is 0. The van der Waals surface area contributed by atoms with Crippen LogP contribution in [0.25, 0.3) is 0 Å². The molecule has 0 unspecified atom stereocenters. The summed E-state index contributed by atoms with van der Waals surface area (Å²) < 4.78 is 27.8. The quantitative estimate of drug-likeness (QED) is 0.858. The predicted molar refractivity (Wildman–Crippen MR) is 83.7 cm³/mol. The summed E-state index contributed by atoms with van der Waals surface area (Å²) >= 11 is 9.26. The van der Waals surface area contributed by atoms with Crippen molar-refractivity contribution in [2.75, 3.05) is 17.1 Å². The zero-order valence-electron chi connectivity index (χ0n) is 10.4. The topological polar surface area (TPSA) is 71.1 Å². The fourth-order valence-corrected chi connectivity index (χ4v) is 3.36. The van der Waals surface area contributed by atoms with Crippen molar-refractivity contribution in [2.45, 2.75) is 4.90 Å². The van der Waals surface area contributed by atoms with E-state index in [2.05, 4.69) is 31.0 Å². The van der Waals surface area contributed by atoms with Crippen LogP contribution in [0.2, 0.25) is 5.02 Å². The number of halogens is 2. The number of hydrogen-bond donors (Lipinski definition) is 2. The van der Waals surface area contributed by atoms with E-state index in [1.54, 1.807) is 25.2 Å². The van der Waals surface area contributed by atoms with Gasteiger partial charge in [-0.1, -0.05) is 27.5 Å². The minimum atomic E-state index is -3.71. The lowest BCUT2D eigenvalue weighted by Gasteiger charge is -2.10. The van der Waals surface area contributed by atoms with Gasteiger partial charge in [-0.2, -0.15) is 0 Å². The number of benzene rings is 1. The Kier molecular flexibility index (Phi) is 4.52. The molecular weight excluding hydrogens is 366 g/mol. The van der Waals surface area contributed by atoms with E-state index in [0.29, 0.717) is 16.5 Å². The summed E-state index contributed by atoms with van der Waals surface area (Å²) in [5.74, 6) is 0.467. The molecule has 20 heavy (non-hydrogen) atoms. The molecule has 5 nitrogen and oxygen atoms in total. The largest absolute Gasteiger partial charge is 0.373 e. The second kappa shape index (κ2) is 5.99. The Bertz CT molecular complexity index is 737. The molecule has 0 atom stereocenters. The van der Waals surface area contributed by atoms with Gasteiger partial charge in [-0.3, -0.25) is 4.72 Å². The normalized spacial score (nSPS) is 11.2. The van der Waals surface area contributed by atoms with Crippen molar-refractivity contribution < 1.29 is 8.42 Å². The van der Waals surface area contributed by atoms with Crippen LogP contribution in [0.1, 0.15) is 0 Å². The maximum Gasteiger partial charge on any atom is 0.262 e. The van der Waals surface area contributed by atoms with Crippen LogP contribution in [0.3, 0.4) is 0 Å². The van der Waals surface area contributed by atoms with Gasteiger partial charge in [0, 0.05) is 23.8 Å². The SMILES string of the molecule is CNc1cc(S(=O)(=O)Nc2ccc(Br)cc2Cl)ccn1. The van der Waals surface area contributed by atoms with E-state index in [1.807, 2.05) is 0 Å². The Hall–Kier alpha value is -1.31. The Morgan fingerprint density at radius 1 is 1.25 bits per heavy atom. The molecule has 0 radical (unpaired) electrons. The highest BCUT2D eigenvalue weighted by molar-refractivity contribution is 9.10. The lowest BCUT2D eigenvalue weighted by Crippen LogP contribution is -2.13. The Morgan fingerprint density at radius 2 is 2.00 bits per heavy atom. The Labute approximate surface area is 130 Å². The summed E-state index contributed by atoms with van der Waals surface area (Å²) in [5.41, 5.74) is 0.317. The molecule has 0 aliphatic rings. The summed E-state index contributed by atoms with van der Waals surface area (Å²) in [5, 5.41) is 3.10. The minimum absolute atomic E-state index is 0.107. The van der Waals surface area contributed by atoms with Crippen LogP contribution in [0.4, 0.5) is 11.5 Å². The fraction of sp³-hybridized carbons (Fsp3) is 0.0833. The molecule has 0 aliphatic carbocycles. The summed E-state index contributed by atoms with van der Waals surface area (Å²) in [7, 11) is -2.05. The molecule has 0 saturated carbocycles. The molecular formula is C12H11BrClN3O2S. The van der Waals surface area contributed by atoms with E-state index >= 15 is 0 Å². The fourth-order valence-electron chi connectivity index (χ4n) is 1.49. The second-order valence-corrected chi connectivity index (χ2v) is 6.86. The van der Waals surface area contributed by atoms with Crippen LogP contribution in [0.15, 0.2) is 45.9 Å². The van der Waals surface area contributed by atoms with Crippen molar-refractivity contribution in [1.82, 2.24) is 4.98 Å². The van der Waals surface area contributed by atoms with Gasteiger partial charge < -0.3 is 5.32 Å². The first-order chi connectivity index (χ1) is 9.42. The molecule has 0 amide bonds. The van der Waals surface area contributed by atoms with Gasteiger partial charge in [0.1, 0.15) is 5.82 Å². The summed E-state index contributed by atoms with van der Waals surface area (Å²) in [6.07, 6.45) is 1.42. The summed E-state index contributed by atoms with van der Waals surface area (Å²) in [6, 6.07) is 7.76. The third-order valence-electron chi connectivity index (χ3n) is 2.47. The number of rotatable bonds is 4. The van der Waals surface area contributed by atoms with Gasteiger partial charge in [-0.25, -0.2) is 13.4 Å². The molecule has 2 rings (SSSR count). The number of anilines is 2.